The molecule has 1 aliphatic heterocycles. The van der Waals surface area contributed by atoms with Crippen molar-refractivity contribution in [2.75, 3.05) is 19.6 Å². The molecule has 1 N–H and O–H groups in total. The van der Waals surface area contributed by atoms with Crippen LogP contribution < -0.4 is 5.32 Å². The fourth-order valence-electron chi connectivity index (χ4n) is 3.70. The van der Waals surface area contributed by atoms with E-state index in [9.17, 15) is 0 Å². The van der Waals surface area contributed by atoms with Gasteiger partial charge in [0.05, 0.1) is 5.69 Å². The summed E-state index contributed by atoms with van der Waals surface area (Å²) < 4.78 is 2.14. The standard InChI is InChI=1S/C14H20N4S/c1-2-4-14(3-1)11-15-5-6-18(14)10-12-9-17-7-8-19-13(17)16-12/h7-9,15H,1-6,10-11H2. The number of hydrogen-bond donors (Lipinski definition) is 1. The van der Waals surface area contributed by atoms with Gasteiger partial charge in [0.15, 0.2) is 4.96 Å². The van der Waals surface area contributed by atoms with Crippen molar-refractivity contribution in [1.82, 2.24) is 19.6 Å². The maximum atomic E-state index is 4.74. The van der Waals surface area contributed by atoms with Crippen molar-refractivity contribution in [1.29, 1.82) is 0 Å². The SMILES string of the molecule is c1cn2cc(CN3CCNCC34CCCC4)nc2s1. The third-order valence-corrected chi connectivity index (χ3v) is 5.48. The Morgan fingerprint density at radius 3 is 3.11 bits per heavy atom. The van der Waals surface area contributed by atoms with Gasteiger partial charge >= 0.3 is 0 Å². The number of aromatic nitrogens is 2. The van der Waals surface area contributed by atoms with Crippen LogP contribution in [0.25, 0.3) is 4.96 Å². The van der Waals surface area contributed by atoms with Crippen LogP contribution in [0.4, 0.5) is 0 Å². The lowest BCUT2D eigenvalue weighted by Crippen LogP contribution is -2.59. The van der Waals surface area contributed by atoms with Crippen molar-refractivity contribution in [3.05, 3.63) is 23.5 Å². The molecule has 5 heteroatoms. The Kier molecular flexibility index (Phi) is 2.86. The van der Waals surface area contributed by atoms with E-state index in [-0.39, 0.29) is 0 Å². The molecule has 2 fully saturated rings. The Bertz CT molecular complexity index is 538. The van der Waals surface area contributed by atoms with Gasteiger partial charge < -0.3 is 5.32 Å². The minimum atomic E-state index is 0.412. The van der Waals surface area contributed by atoms with Crippen LogP contribution in [0, 0.1) is 0 Å². The number of rotatable bonds is 2. The summed E-state index contributed by atoms with van der Waals surface area (Å²) in [6.07, 6.45) is 9.76. The average Bonchev–Trinajstić information content (AvgIpc) is 3.08. The van der Waals surface area contributed by atoms with Crippen LogP contribution in [0.1, 0.15) is 31.4 Å². The number of hydrogen-bond acceptors (Lipinski definition) is 4. The van der Waals surface area contributed by atoms with E-state index in [2.05, 4.69) is 32.4 Å². The Hall–Kier alpha value is -0.910. The average molecular weight is 276 g/mol. The second-order valence-electron chi connectivity index (χ2n) is 5.85. The molecule has 3 heterocycles. The van der Waals surface area contributed by atoms with Gasteiger partial charge in [-0.15, -0.1) is 11.3 Å². The van der Waals surface area contributed by atoms with E-state index in [4.69, 9.17) is 4.98 Å². The lowest BCUT2D eigenvalue weighted by atomic mass is 9.92. The molecule has 1 spiro atoms. The molecular formula is C14H20N4S. The van der Waals surface area contributed by atoms with Crippen LogP contribution in [0.3, 0.4) is 0 Å². The minimum Gasteiger partial charge on any atom is -0.314 e. The molecule has 4 rings (SSSR count). The molecule has 0 radical (unpaired) electrons. The summed E-state index contributed by atoms with van der Waals surface area (Å²) in [5.41, 5.74) is 1.63. The molecule has 102 valence electrons. The summed E-state index contributed by atoms with van der Waals surface area (Å²) in [5.74, 6) is 0. The first-order chi connectivity index (χ1) is 9.36. The zero-order valence-corrected chi connectivity index (χ0v) is 12.0. The van der Waals surface area contributed by atoms with Crippen LogP contribution >= 0.6 is 11.3 Å². The van der Waals surface area contributed by atoms with Gasteiger partial charge in [0.2, 0.25) is 0 Å². The lowest BCUT2D eigenvalue weighted by Gasteiger charge is -2.45. The van der Waals surface area contributed by atoms with Crippen LogP contribution in [-0.2, 0) is 6.54 Å². The van der Waals surface area contributed by atoms with Crippen LogP contribution in [-0.4, -0.2) is 39.5 Å². The van der Waals surface area contributed by atoms with Gasteiger partial charge in [0, 0.05) is 49.5 Å². The van der Waals surface area contributed by atoms with E-state index >= 15 is 0 Å². The molecule has 2 aliphatic rings. The first kappa shape index (κ1) is 11.9. The van der Waals surface area contributed by atoms with Gasteiger partial charge in [-0.1, -0.05) is 12.8 Å². The minimum absolute atomic E-state index is 0.412. The highest BCUT2D eigenvalue weighted by molar-refractivity contribution is 7.15. The molecule has 0 atom stereocenters. The number of imidazole rings is 1. The summed E-state index contributed by atoms with van der Waals surface area (Å²) in [6, 6.07) is 0. The summed E-state index contributed by atoms with van der Waals surface area (Å²) in [6.45, 7) is 4.44. The number of nitrogens with zero attached hydrogens (tertiary/aromatic N) is 3. The molecule has 1 saturated heterocycles. The topological polar surface area (TPSA) is 32.6 Å². The lowest BCUT2D eigenvalue weighted by molar-refractivity contribution is 0.0562. The van der Waals surface area contributed by atoms with Crippen molar-refractivity contribution < 1.29 is 0 Å². The highest BCUT2D eigenvalue weighted by Crippen LogP contribution is 2.36. The van der Waals surface area contributed by atoms with E-state index in [1.165, 1.54) is 31.4 Å². The number of piperazine rings is 1. The van der Waals surface area contributed by atoms with Gasteiger partial charge in [-0.25, -0.2) is 4.98 Å². The first-order valence-electron chi connectivity index (χ1n) is 7.23. The molecule has 1 saturated carbocycles. The Labute approximate surface area is 117 Å². The van der Waals surface area contributed by atoms with Crippen molar-refractivity contribution in [2.24, 2.45) is 0 Å². The quantitative estimate of drug-likeness (QED) is 0.912. The summed E-state index contributed by atoms with van der Waals surface area (Å²) in [4.78, 5) is 8.54. The van der Waals surface area contributed by atoms with E-state index < -0.39 is 0 Å². The molecular weight excluding hydrogens is 256 g/mol. The van der Waals surface area contributed by atoms with E-state index in [0.717, 1.165) is 31.1 Å². The van der Waals surface area contributed by atoms with E-state index in [1.54, 1.807) is 11.3 Å². The second-order valence-corrected chi connectivity index (χ2v) is 6.73. The highest BCUT2D eigenvalue weighted by Gasteiger charge is 2.41. The van der Waals surface area contributed by atoms with Crippen molar-refractivity contribution >= 4 is 16.3 Å². The van der Waals surface area contributed by atoms with Crippen molar-refractivity contribution in [2.45, 2.75) is 37.8 Å². The predicted molar refractivity (Wildman–Crippen MR) is 77.5 cm³/mol. The molecule has 0 bridgehead atoms. The molecule has 19 heavy (non-hydrogen) atoms. The number of thiazole rings is 1. The molecule has 1 aliphatic carbocycles. The monoisotopic (exact) mass is 276 g/mol. The zero-order valence-electron chi connectivity index (χ0n) is 11.1. The molecule has 4 nitrogen and oxygen atoms in total. The Balaban J connectivity index is 1.58. The Morgan fingerprint density at radius 1 is 1.37 bits per heavy atom. The Morgan fingerprint density at radius 2 is 2.26 bits per heavy atom. The smallest absolute Gasteiger partial charge is 0.193 e. The number of fused-ring (bicyclic) bond motifs is 1. The van der Waals surface area contributed by atoms with Gasteiger partial charge in [-0.2, -0.15) is 0 Å². The third kappa shape index (κ3) is 2.00. The van der Waals surface area contributed by atoms with Gasteiger partial charge in [-0.3, -0.25) is 9.30 Å². The van der Waals surface area contributed by atoms with Gasteiger partial charge in [0.1, 0.15) is 0 Å². The fourth-order valence-corrected chi connectivity index (χ4v) is 4.42. The maximum Gasteiger partial charge on any atom is 0.193 e. The van der Waals surface area contributed by atoms with Crippen LogP contribution in [0.15, 0.2) is 17.8 Å². The zero-order chi connectivity index (χ0) is 12.7. The van der Waals surface area contributed by atoms with Crippen LogP contribution in [0.2, 0.25) is 0 Å². The van der Waals surface area contributed by atoms with E-state index in [1.807, 2.05) is 0 Å². The normalized spacial score (nSPS) is 23.6. The fraction of sp³-hybridized carbons (Fsp3) is 0.643. The number of nitrogens with one attached hydrogen (secondary N) is 1. The van der Waals surface area contributed by atoms with Crippen LogP contribution in [0.5, 0.6) is 0 Å². The maximum absolute atomic E-state index is 4.74. The summed E-state index contributed by atoms with van der Waals surface area (Å²) in [7, 11) is 0. The van der Waals surface area contributed by atoms with Crippen molar-refractivity contribution in [3.63, 3.8) is 0 Å². The van der Waals surface area contributed by atoms with Crippen molar-refractivity contribution in [3.8, 4) is 0 Å². The molecule has 0 amide bonds. The van der Waals surface area contributed by atoms with Gasteiger partial charge in [-0.05, 0) is 12.8 Å². The molecule has 2 aromatic heterocycles. The molecule has 0 aromatic carbocycles. The highest BCUT2D eigenvalue weighted by atomic mass is 32.1. The predicted octanol–water partition coefficient (Wildman–Crippen LogP) is 2.11. The molecule has 0 unspecified atom stereocenters. The van der Waals surface area contributed by atoms with E-state index in [0.29, 0.717) is 5.54 Å². The summed E-state index contributed by atoms with van der Waals surface area (Å²) >= 11 is 1.71. The third-order valence-electron chi connectivity index (χ3n) is 4.71. The second kappa shape index (κ2) is 4.58. The largest absolute Gasteiger partial charge is 0.314 e. The first-order valence-corrected chi connectivity index (χ1v) is 8.11. The summed E-state index contributed by atoms with van der Waals surface area (Å²) in [5, 5.41) is 5.68. The molecule has 2 aromatic rings. The van der Waals surface area contributed by atoms with Gasteiger partial charge in [0.25, 0.3) is 0 Å².